The molecule has 0 saturated heterocycles. The molecule has 0 aromatic rings. The van der Waals surface area contributed by atoms with Gasteiger partial charge in [0.05, 0.1) is 0 Å². The van der Waals surface area contributed by atoms with E-state index < -0.39 is 0 Å². The summed E-state index contributed by atoms with van der Waals surface area (Å²) in [6.45, 7) is 3.10. The Morgan fingerprint density at radius 1 is 1.31 bits per heavy atom. The smallest absolute Gasteiger partial charge is 0.223 e. The SMILES string of the molecule is CC1CCCC1C(=O)NCC1CCC(Br)C1. The molecule has 92 valence electrons. The van der Waals surface area contributed by atoms with Crippen LogP contribution in [0.3, 0.4) is 0 Å². The predicted octanol–water partition coefficient (Wildman–Crippen LogP) is 3.10. The molecule has 4 atom stereocenters. The van der Waals surface area contributed by atoms with Crippen molar-refractivity contribution in [2.24, 2.45) is 17.8 Å². The molecule has 0 aromatic carbocycles. The van der Waals surface area contributed by atoms with Gasteiger partial charge in [0.2, 0.25) is 5.91 Å². The Hall–Kier alpha value is -0.0500. The van der Waals surface area contributed by atoms with Crippen LogP contribution in [0.4, 0.5) is 0 Å². The van der Waals surface area contributed by atoms with Crippen molar-refractivity contribution in [3.05, 3.63) is 0 Å². The minimum Gasteiger partial charge on any atom is -0.356 e. The molecule has 16 heavy (non-hydrogen) atoms. The highest BCUT2D eigenvalue weighted by Crippen LogP contribution is 2.32. The van der Waals surface area contributed by atoms with Crippen LogP contribution < -0.4 is 5.32 Å². The molecule has 0 aromatic heterocycles. The second-order valence-electron chi connectivity index (χ2n) is 5.54. The number of amides is 1. The van der Waals surface area contributed by atoms with Crippen LogP contribution >= 0.6 is 15.9 Å². The first-order chi connectivity index (χ1) is 7.66. The van der Waals surface area contributed by atoms with Crippen LogP contribution in [0.25, 0.3) is 0 Å². The Kier molecular flexibility index (Phi) is 4.28. The summed E-state index contributed by atoms with van der Waals surface area (Å²) >= 11 is 3.65. The molecule has 4 unspecified atom stereocenters. The normalized spacial score (nSPS) is 38.9. The maximum Gasteiger partial charge on any atom is 0.223 e. The first kappa shape index (κ1) is 12.4. The van der Waals surface area contributed by atoms with Gasteiger partial charge in [0.25, 0.3) is 0 Å². The lowest BCUT2D eigenvalue weighted by atomic mass is 9.97. The van der Waals surface area contributed by atoms with Crippen molar-refractivity contribution < 1.29 is 4.79 Å². The quantitative estimate of drug-likeness (QED) is 0.794. The summed E-state index contributed by atoms with van der Waals surface area (Å²) in [5.41, 5.74) is 0. The third-order valence-electron chi connectivity index (χ3n) is 4.24. The Balaban J connectivity index is 1.71. The molecule has 0 radical (unpaired) electrons. The van der Waals surface area contributed by atoms with E-state index in [0.29, 0.717) is 28.5 Å². The summed E-state index contributed by atoms with van der Waals surface area (Å²) < 4.78 is 0. The summed E-state index contributed by atoms with van der Waals surface area (Å²) in [4.78, 5) is 12.7. The molecule has 2 fully saturated rings. The van der Waals surface area contributed by atoms with Crippen LogP contribution in [0.15, 0.2) is 0 Å². The molecule has 0 bridgehead atoms. The summed E-state index contributed by atoms with van der Waals surface area (Å²) in [6, 6.07) is 0. The van der Waals surface area contributed by atoms with Gasteiger partial charge in [-0.3, -0.25) is 4.79 Å². The number of carbonyl (C=O) groups is 1. The first-order valence-corrected chi connectivity index (χ1v) is 7.50. The Bertz CT molecular complexity index is 256. The highest BCUT2D eigenvalue weighted by Gasteiger charge is 2.30. The van der Waals surface area contributed by atoms with Crippen LogP contribution in [0.1, 0.15) is 45.4 Å². The largest absolute Gasteiger partial charge is 0.356 e. The van der Waals surface area contributed by atoms with Gasteiger partial charge in [-0.05, 0) is 43.9 Å². The van der Waals surface area contributed by atoms with Crippen LogP contribution in [0.5, 0.6) is 0 Å². The second-order valence-corrected chi connectivity index (χ2v) is 6.83. The van der Waals surface area contributed by atoms with E-state index in [9.17, 15) is 4.79 Å². The molecule has 0 heterocycles. The van der Waals surface area contributed by atoms with E-state index in [4.69, 9.17) is 0 Å². The average molecular weight is 288 g/mol. The second kappa shape index (κ2) is 5.52. The summed E-state index contributed by atoms with van der Waals surface area (Å²) in [7, 11) is 0. The van der Waals surface area contributed by atoms with Crippen molar-refractivity contribution in [2.75, 3.05) is 6.54 Å². The number of nitrogens with one attached hydrogen (secondary N) is 1. The van der Waals surface area contributed by atoms with Crippen LogP contribution in [0, 0.1) is 17.8 Å². The molecular formula is C13H22BrNO. The van der Waals surface area contributed by atoms with E-state index in [1.165, 1.54) is 32.1 Å². The van der Waals surface area contributed by atoms with Crippen molar-refractivity contribution in [1.29, 1.82) is 0 Å². The lowest BCUT2D eigenvalue weighted by Gasteiger charge is -2.17. The highest BCUT2D eigenvalue weighted by atomic mass is 79.9. The molecule has 2 saturated carbocycles. The number of rotatable bonds is 3. The third-order valence-corrected chi connectivity index (χ3v) is 5.07. The Labute approximate surface area is 107 Å². The van der Waals surface area contributed by atoms with Crippen molar-refractivity contribution in [3.8, 4) is 0 Å². The van der Waals surface area contributed by atoms with Gasteiger partial charge in [0, 0.05) is 17.3 Å². The molecular weight excluding hydrogens is 266 g/mol. The van der Waals surface area contributed by atoms with Crippen molar-refractivity contribution in [1.82, 2.24) is 5.32 Å². The minimum absolute atomic E-state index is 0.293. The van der Waals surface area contributed by atoms with Gasteiger partial charge in [0.15, 0.2) is 0 Å². The molecule has 2 nitrogen and oxygen atoms in total. The number of hydrogen-bond donors (Lipinski definition) is 1. The van der Waals surface area contributed by atoms with E-state index >= 15 is 0 Å². The topological polar surface area (TPSA) is 29.1 Å². The van der Waals surface area contributed by atoms with E-state index in [-0.39, 0.29) is 0 Å². The summed E-state index contributed by atoms with van der Waals surface area (Å²) in [5, 5.41) is 3.16. The van der Waals surface area contributed by atoms with E-state index in [1.807, 2.05) is 0 Å². The standard InChI is InChI=1S/C13H22BrNO/c1-9-3-2-4-12(9)13(16)15-8-10-5-6-11(14)7-10/h9-12H,2-8H2,1H3,(H,15,16). The zero-order valence-electron chi connectivity index (χ0n) is 10.0. The van der Waals surface area contributed by atoms with Gasteiger partial charge < -0.3 is 5.32 Å². The number of halogens is 1. The third kappa shape index (κ3) is 2.99. The van der Waals surface area contributed by atoms with Crippen molar-refractivity contribution in [3.63, 3.8) is 0 Å². The van der Waals surface area contributed by atoms with Gasteiger partial charge in [-0.2, -0.15) is 0 Å². The van der Waals surface area contributed by atoms with Gasteiger partial charge in [-0.25, -0.2) is 0 Å². The zero-order chi connectivity index (χ0) is 11.5. The first-order valence-electron chi connectivity index (χ1n) is 6.58. The molecule has 2 aliphatic rings. The van der Waals surface area contributed by atoms with E-state index in [1.54, 1.807) is 0 Å². The number of carbonyl (C=O) groups excluding carboxylic acids is 1. The summed E-state index contributed by atoms with van der Waals surface area (Å²) in [6.07, 6.45) is 7.30. The lowest BCUT2D eigenvalue weighted by Crippen LogP contribution is -2.35. The van der Waals surface area contributed by atoms with Gasteiger partial charge in [0.1, 0.15) is 0 Å². The van der Waals surface area contributed by atoms with Crippen LogP contribution in [-0.4, -0.2) is 17.3 Å². The maximum absolute atomic E-state index is 12.0. The predicted molar refractivity (Wildman–Crippen MR) is 69.6 cm³/mol. The van der Waals surface area contributed by atoms with Gasteiger partial charge in [-0.15, -0.1) is 0 Å². The number of alkyl halides is 1. The maximum atomic E-state index is 12.0. The van der Waals surface area contributed by atoms with E-state index in [2.05, 4.69) is 28.2 Å². The molecule has 0 aliphatic heterocycles. The fourth-order valence-corrected chi connectivity index (χ4v) is 3.90. The number of hydrogen-bond acceptors (Lipinski definition) is 1. The summed E-state index contributed by atoms with van der Waals surface area (Å²) in [5.74, 6) is 1.89. The fraction of sp³-hybridized carbons (Fsp3) is 0.923. The monoisotopic (exact) mass is 287 g/mol. The fourth-order valence-electron chi connectivity index (χ4n) is 3.11. The Morgan fingerprint density at radius 3 is 2.69 bits per heavy atom. The zero-order valence-corrected chi connectivity index (χ0v) is 11.6. The highest BCUT2D eigenvalue weighted by molar-refractivity contribution is 9.09. The molecule has 3 heteroatoms. The molecule has 1 amide bonds. The van der Waals surface area contributed by atoms with E-state index in [0.717, 1.165) is 13.0 Å². The molecule has 2 aliphatic carbocycles. The van der Waals surface area contributed by atoms with Gasteiger partial charge >= 0.3 is 0 Å². The van der Waals surface area contributed by atoms with Crippen molar-refractivity contribution >= 4 is 21.8 Å². The van der Waals surface area contributed by atoms with Crippen molar-refractivity contribution in [2.45, 2.75) is 50.3 Å². The van der Waals surface area contributed by atoms with Crippen LogP contribution in [0.2, 0.25) is 0 Å². The lowest BCUT2D eigenvalue weighted by molar-refractivity contribution is -0.126. The molecule has 0 spiro atoms. The van der Waals surface area contributed by atoms with Crippen LogP contribution in [-0.2, 0) is 4.79 Å². The minimum atomic E-state index is 0.293. The van der Waals surface area contributed by atoms with Gasteiger partial charge in [-0.1, -0.05) is 29.3 Å². The Morgan fingerprint density at radius 2 is 2.12 bits per heavy atom. The average Bonchev–Trinajstić information content (AvgIpc) is 2.84. The molecule has 1 N–H and O–H groups in total. The molecule has 2 rings (SSSR count).